The van der Waals surface area contributed by atoms with E-state index in [-0.39, 0.29) is 5.91 Å². The molecule has 0 aromatic carbocycles. The van der Waals surface area contributed by atoms with Crippen LogP contribution in [0.5, 0.6) is 0 Å². The number of hydrogen-bond donors (Lipinski definition) is 2. The van der Waals surface area contributed by atoms with Gasteiger partial charge in [0.2, 0.25) is 5.91 Å². The summed E-state index contributed by atoms with van der Waals surface area (Å²) in [6.45, 7) is 5.06. The molecule has 0 radical (unpaired) electrons. The quantitative estimate of drug-likeness (QED) is 0.799. The summed E-state index contributed by atoms with van der Waals surface area (Å²) in [4.78, 5) is 16.0. The number of aliphatic imine (C=N–C) groups is 1. The molecule has 2 aliphatic rings. The zero-order chi connectivity index (χ0) is 13.0. The molecular formula is C13H23N3OS. The Morgan fingerprint density at radius 1 is 1.50 bits per heavy atom. The lowest BCUT2D eigenvalue weighted by molar-refractivity contribution is -0.121. The lowest BCUT2D eigenvalue weighted by Crippen LogP contribution is -2.41. The zero-order valence-electron chi connectivity index (χ0n) is 11.2. The summed E-state index contributed by atoms with van der Waals surface area (Å²) < 4.78 is 0. The summed E-state index contributed by atoms with van der Waals surface area (Å²) in [6.07, 6.45) is 4.00. The van der Waals surface area contributed by atoms with Crippen molar-refractivity contribution in [1.82, 2.24) is 10.6 Å². The predicted molar refractivity (Wildman–Crippen MR) is 76.9 cm³/mol. The number of thioether (sulfide) groups is 1. The summed E-state index contributed by atoms with van der Waals surface area (Å²) in [6, 6.07) is 0.989. The number of amides is 1. The van der Waals surface area contributed by atoms with Crippen molar-refractivity contribution in [3.8, 4) is 0 Å². The number of nitrogens with one attached hydrogen (secondary N) is 2. The van der Waals surface area contributed by atoms with Crippen LogP contribution in [0.25, 0.3) is 0 Å². The van der Waals surface area contributed by atoms with E-state index in [4.69, 9.17) is 0 Å². The van der Waals surface area contributed by atoms with E-state index in [2.05, 4.69) is 29.5 Å². The maximum atomic E-state index is 11.5. The Morgan fingerprint density at radius 2 is 2.28 bits per heavy atom. The number of hydrogen-bond acceptors (Lipinski definition) is 3. The van der Waals surface area contributed by atoms with Gasteiger partial charge in [0.1, 0.15) is 0 Å². The van der Waals surface area contributed by atoms with Gasteiger partial charge in [0, 0.05) is 24.3 Å². The first-order valence-electron chi connectivity index (χ1n) is 6.88. The summed E-state index contributed by atoms with van der Waals surface area (Å²) in [5, 5.41) is 7.46. The van der Waals surface area contributed by atoms with Gasteiger partial charge in [-0.25, -0.2) is 0 Å². The molecule has 102 valence electrons. The molecule has 5 heteroatoms. The minimum atomic E-state index is 0.142. The van der Waals surface area contributed by atoms with Crippen LogP contribution in [0, 0.1) is 5.92 Å². The van der Waals surface area contributed by atoms with E-state index in [0.717, 1.165) is 23.8 Å². The van der Waals surface area contributed by atoms with Crippen molar-refractivity contribution in [2.24, 2.45) is 10.9 Å². The molecule has 0 spiro atoms. The summed E-state index contributed by atoms with van der Waals surface area (Å²) in [5.74, 6) is 1.90. The minimum Gasteiger partial charge on any atom is -0.362 e. The van der Waals surface area contributed by atoms with Gasteiger partial charge in [-0.3, -0.25) is 9.79 Å². The van der Waals surface area contributed by atoms with Gasteiger partial charge in [-0.15, -0.1) is 0 Å². The highest BCUT2D eigenvalue weighted by Gasteiger charge is 2.23. The van der Waals surface area contributed by atoms with Crippen LogP contribution in [0.4, 0.5) is 0 Å². The van der Waals surface area contributed by atoms with Gasteiger partial charge < -0.3 is 10.6 Å². The first-order valence-corrected chi connectivity index (χ1v) is 7.87. The highest BCUT2D eigenvalue weighted by molar-refractivity contribution is 8.13. The second-order valence-corrected chi connectivity index (χ2v) is 6.49. The number of rotatable bonds is 5. The topological polar surface area (TPSA) is 53.5 Å². The molecule has 4 nitrogen and oxygen atoms in total. The molecule has 2 rings (SSSR count). The van der Waals surface area contributed by atoms with Crippen LogP contribution in [0.15, 0.2) is 4.99 Å². The third-order valence-corrected chi connectivity index (χ3v) is 4.28. The standard InChI is InChI=1S/C13H23N3OS/c1-9(2)11-6-8-18-13(16-11)14-7-5-12(17)15-10-3-4-10/h9-11H,3-8H2,1-2H3,(H,14,16)(H,15,17). The highest BCUT2D eigenvalue weighted by atomic mass is 32.2. The molecule has 1 atom stereocenters. The fourth-order valence-electron chi connectivity index (χ4n) is 1.93. The van der Waals surface area contributed by atoms with Crippen LogP contribution in [0.1, 0.15) is 39.5 Å². The SMILES string of the molecule is CC(C)C1CCSC(=NCCC(=O)NC2CC2)N1. The normalized spacial score (nSPS) is 26.2. The van der Waals surface area contributed by atoms with Crippen LogP contribution in [-0.4, -0.2) is 35.5 Å². The van der Waals surface area contributed by atoms with Crippen molar-refractivity contribution < 1.29 is 4.79 Å². The Bertz CT molecular complexity index is 326. The molecule has 1 saturated heterocycles. The van der Waals surface area contributed by atoms with Gasteiger partial charge in [0.25, 0.3) is 0 Å². The van der Waals surface area contributed by atoms with E-state index in [0.29, 0.717) is 31.0 Å². The number of amidine groups is 1. The van der Waals surface area contributed by atoms with Crippen LogP contribution >= 0.6 is 11.8 Å². The Hall–Kier alpha value is -0.710. The smallest absolute Gasteiger partial charge is 0.222 e. The number of nitrogens with zero attached hydrogens (tertiary/aromatic N) is 1. The van der Waals surface area contributed by atoms with Gasteiger partial charge in [-0.05, 0) is 25.2 Å². The molecule has 1 amide bonds. The van der Waals surface area contributed by atoms with Crippen molar-refractivity contribution in [1.29, 1.82) is 0 Å². The average Bonchev–Trinajstić information content (AvgIpc) is 3.13. The van der Waals surface area contributed by atoms with Crippen LogP contribution in [-0.2, 0) is 4.79 Å². The summed E-state index contributed by atoms with van der Waals surface area (Å²) >= 11 is 1.77. The summed E-state index contributed by atoms with van der Waals surface area (Å²) in [7, 11) is 0. The van der Waals surface area contributed by atoms with Gasteiger partial charge in [0.15, 0.2) is 5.17 Å². The van der Waals surface area contributed by atoms with E-state index in [1.165, 1.54) is 6.42 Å². The lowest BCUT2D eigenvalue weighted by Gasteiger charge is -2.28. The average molecular weight is 269 g/mol. The zero-order valence-corrected chi connectivity index (χ0v) is 12.1. The third kappa shape index (κ3) is 4.52. The van der Waals surface area contributed by atoms with E-state index in [9.17, 15) is 4.79 Å². The minimum absolute atomic E-state index is 0.142. The van der Waals surface area contributed by atoms with Crippen LogP contribution in [0.2, 0.25) is 0 Å². The molecule has 1 heterocycles. The second-order valence-electron chi connectivity index (χ2n) is 5.41. The molecule has 1 aliphatic carbocycles. The van der Waals surface area contributed by atoms with E-state index >= 15 is 0 Å². The molecule has 2 fully saturated rings. The molecule has 1 saturated carbocycles. The molecule has 1 unspecified atom stereocenters. The first kappa shape index (κ1) is 13.7. The van der Waals surface area contributed by atoms with Crippen molar-refractivity contribution >= 4 is 22.8 Å². The van der Waals surface area contributed by atoms with Gasteiger partial charge in [-0.2, -0.15) is 0 Å². The molecule has 2 N–H and O–H groups in total. The van der Waals surface area contributed by atoms with Crippen molar-refractivity contribution in [2.45, 2.75) is 51.6 Å². The first-order chi connectivity index (χ1) is 8.65. The van der Waals surface area contributed by atoms with Crippen LogP contribution in [0.3, 0.4) is 0 Å². The highest BCUT2D eigenvalue weighted by Crippen LogP contribution is 2.19. The predicted octanol–water partition coefficient (Wildman–Crippen LogP) is 1.76. The second kappa shape index (κ2) is 6.45. The van der Waals surface area contributed by atoms with Gasteiger partial charge >= 0.3 is 0 Å². The molecule has 0 aromatic heterocycles. The molecule has 0 bridgehead atoms. The van der Waals surface area contributed by atoms with E-state index in [1.54, 1.807) is 11.8 Å². The monoisotopic (exact) mass is 269 g/mol. The Morgan fingerprint density at radius 3 is 2.94 bits per heavy atom. The molecule has 1 aliphatic heterocycles. The summed E-state index contributed by atoms with van der Waals surface area (Å²) in [5.41, 5.74) is 0. The Kier molecular flexibility index (Phi) is 4.92. The maximum absolute atomic E-state index is 11.5. The third-order valence-electron chi connectivity index (χ3n) is 3.32. The fraction of sp³-hybridized carbons (Fsp3) is 0.846. The van der Waals surface area contributed by atoms with Crippen molar-refractivity contribution in [3.05, 3.63) is 0 Å². The van der Waals surface area contributed by atoms with Gasteiger partial charge in [-0.1, -0.05) is 25.6 Å². The van der Waals surface area contributed by atoms with Crippen molar-refractivity contribution in [2.75, 3.05) is 12.3 Å². The van der Waals surface area contributed by atoms with E-state index < -0.39 is 0 Å². The number of carbonyl (C=O) groups is 1. The van der Waals surface area contributed by atoms with E-state index in [1.807, 2.05) is 0 Å². The maximum Gasteiger partial charge on any atom is 0.222 e. The fourth-order valence-corrected chi connectivity index (χ4v) is 2.92. The molecular weight excluding hydrogens is 246 g/mol. The van der Waals surface area contributed by atoms with Crippen LogP contribution < -0.4 is 10.6 Å². The van der Waals surface area contributed by atoms with Crippen molar-refractivity contribution in [3.63, 3.8) is 0 Å². The molecule has 0 aromatic rings. The molecule has 18 heavy (non-hydrogen) atoms. The lowest BCUT2D eigenvalue weighted by atomic mass is 10.0. The Balaban J connectivity index is 1.69. The largest absolute Gasteiger partial charge is 0.362 e. The Labute approximate surface area is 113 Å². The number of carbonyl (C=O) groups excluding carboxylic acids is 1. The van der Waals surface area contributed by atoms with Gasteiger partial charge in [0.05, 0.1) is 6.54 Å².